The van der Waals surface area contributed by atoms with Crippen LogP contribution in [-0.4, -0.2) is 20.9 Å². The predicted molar refractivity (Wildman–Crippen MR) is 183 cm³/mol. The molecule has 6 heteroatoms. The summed E-state index contributed by atoms with van der Waals surface area (Å²) >= 11 is 3.38. The number of aryl methyl sites for hydroxylation is 1. The highest BCUT2D eigenvalue weighted by Gasteiger charge is 2.31. The third-order valence-electron chi connectivity index (χ3n) is 8.66. The summed E-state index contributed by atoms with van der Waals surface area (Å²) in [7, 11) is 0. The third kappa shape index (κ3) is 9.43. The summed E-state index contributed by atoms with van der Waals surface area (Å²) in [4.78, 5) is 21.2. The fourth-order valence-corrected chi connectivity index (χ4v) is 8.26. The smallest absolute Gasteiger partial charge is 0.267 e. The molecule has 2 aromatic heterocycles. The molecule has 42 heavy (non-hydrogen) atoms. The minimum atomic E-state index is -0.262. The van der Waals surface area contributed by atoms with Crippen molar-refractivity contribution in [3.05, 3.63) is 50.6 Å². The van der Waals surface area contributed by atoms with Gasteiger partial charge in [-0.25, -0.2) is 4.98 Å². The zero-order valence-electron chi connectivity index (χ0n) is 26.8. The maximum absolute atomic E-state index is 14.1. The van der Waals surface area contributed by atoms with E-state index in [1.54, 1.807) is 23.1 Å². The first-order valence-electron chi connectivity index (χ1n) is 16.8. The lowest BCUT2D eigenvalue weighted by Gasteiger charge is -2.30. The first-order valence-corrected chi connectivity index (χ1v) is 18.6. The Balaban J connectivity index is 1.23. The molecule has 0 spiro atoms. The number of thiophene rings is 1. The summed E-state index contributed by atoms with van der Waals surface area (Å²) in [6.45, 7) is 9.15. The monoisotopic (exact) mass is 610 g/mol. The van der Waals surface area contributed by atoms with E-state index in [0.29, 0.717) is 6.61 Å². The molecule has 1 aromatic carbocycles. The number of rotatable bonds is 19. The van der Waals surface area contributed by atoms with E-state index >= 15 is 0 Å². The van der Waals surface area contributed by atoms with E-state index in [1.807, 2.05) is 16.7 Å². The zero-order valence-corrected chi connectivity index (χ0v) is 28.4. The van der Waals surface area contributed by atoms with Crippen molar-refractivity contribution in [2.45, 2.75) is 154 Å². The van der Waals surface area contributed by atoms with Crippen molar-refractivity contribution in [3.63, 3.8) is 0 Å². The van der Waals surface area contributed by atoms with Crippen molar-refractivity contribution in [2.24, 2.45) is 0 Å². The minimum absolute atomic E-state index is 0.0685. The molecular weight excluding hydrogens is 557 g/mol. The SMILES string of the molecule is CCCCCCCCCCCCCCCCCCSc1nc2sc3c(c2c(=O)n1-c1ccccc1C)CC(C)(C)OC3. The lowest BCUT2D eigenvalue weighted by molar-refractivity contribution is -0.0379. The number of hydrogen-bond acceptors (Lipinski definition) is 5. The number of para-hydroxylation sites is 1. The van der Waals surface area contributed by atoms with Gasteiger partial charge in [-0.05, 0) is 44.4 Å². The van der Waals surface area contributed by atoms with Crippen LogP contribution >= 0.6 is 23.1 Å². The second-order valence-electron chi connectivity index (χ2n) is 12.9. The van der Waals surface area contributed by atoms with Gasteiger partial charge in [0, 0.05) is 17.1 Å². The topological polar surface area (TPSA) is 44.1 Å². The van der Waals surface area contributed by atoms with Gasteiger partial charge >= 0.3 is 0 Å². The van der Waals surface area contributed by atoms with Gasteiger partial charge in [0.2, 0.25) is 0 Å². The van der Waals surface area contributed by atoms with Gasteiger partial charge < -0.3 is 4.74 Å². The van der Waals surface area contributed by atoms with E-state index < -0.39 is 0 Å². The first-order chi connectivity index (χ1) is 20.4. The van der Waals surface area contributed by atoms with Crippen LogP contribution in [0.25, 0.3) is 15.9 Å². The Morgan fingerprint density at radius 3 is 2.05 bits per heavy atom. The van der Waals surface area contributed by atoms with Crippen molar-refractivity contribution in [3.8, 4) is 5.69 Å². The number of unbranched alkanes of at least 4 members (excludes halogenated alkanes) is 15. The maximum Gasteiger partial charge on any atom is 0.267 e. The molecule has 0 atom stereocenters. The molecule has 0 saturated heterocycles. The number of fused-ring (bicyclic) bond motifs is 3. The lowest BCUT2D eigenvalue weighted by Crippen LogP contribution is -2.32. The largest absolute Gasteiger partial charge is 0.370 e. The van der Waals surface area contributed by atoms with Crippen molar-refractivity contribution < 1.29 is 4.74 Å². The van der Waals surface area contributed by atoms with Gasteiger partial charge in [0.25, 0.3) is 5.56 Å². The Hall–Kier alpha value is -1.63. The molecular formula is C36H54N2O2S2. The van der Waals surface area contributed by atoms with Gasteiger partial charge in [-0.1, -0.05) is 133 Å². The molecule has 0 saturated carbocycles. The molecule has 0 bridgehead atoms. The Kier molecular flexibility index (Phi) is 13.5. The standard InChI is InChI=1S/C36H54N2O2S2/c1-5-6-7-8-9-10-11-12-13-14-15-16-17-18-19-22-25-41-35-37-33-32(29-26-36(3,4)40-27-31(29)42-33)34(39)38(35)30-24-21-20-23-28(30)2/h20-21,23-24H,5-19,22,25-27H2,1-4H3. The van der Waals surface area contributed by atoms with E-state index in [0.717, 1.165) is 55.7 Å². The summed E-state index contributed by atoms with van der Waals surface area (Å²) in [5.74, 6) is 0.990. The van der Waals surface area contributed by atoms with Crippen molar-refractivity contribution >= 4 is 33.3 Å². The van der Waals surface area contributed by atoms with Gasteiger partial charge in [-0.3, -0.25) is 9.36 Å². The maximum atomic E-state index is 14.1. The quantitative estimate of drug-likeness (QED) is 0.0769. The minimum Gasteiger partial charge on any atom is -0.370 e. The average molecular weight is 611 g/mol. The van der Waals surface area contributed by atoms with Crippen LogP contribution in [0.4, 0.5) is 0 Å². The van der Waals surface area contributed by atoms with Crippen LogP contribution in [0.15, 0.2) is 34.2 Å². The summed E-state index contributed by atoms with van der Waals surface area (Å²) in [5, 5.41) is 1.61. The van der Waals surface area contributed by atoms with Gasteiger partial charge in [0.1, 0.15) is 4.83 Å². The van der Waals surface area contributed by atoms with Crippen LogP contribution in [0.5, 0.6) is 0 Å². The molecule has 0 radical (unpaired) electrons. The lowest BCUT2D eigenvalue weighted by atomic mass is 9.94. The fraction of sp³-hybridized carbons (Fsp3) is 0.667. The van der Waals surface area contributed by atoms with Crippen molar-refractivity contribution in [1.29, 1.82) is 0 Å². The molecule has 0 unspecified atom stereocenters. The van der Waals surface area contributed by atoms with Gasteiger partial charge in [-0.2, -0.15) is 0 Å². The summed E-state index contributed by atoms with van der Waals surface area (Å²) in [5.41, 5.74) is 2.98. The number of ether oxygens (including phenoxy) is 1. The van der Waals surface area contributed by atoms with E-state index in [1.165, 1.54) is 96.3 Å². The Bertz CT molecular complexity index is 1310. The molecule has 0 fully saturated rings. The first kappa shape index (κ1) is 33.3. The number of nitrogens with zero attached hydrogens (tertiary/aromatic N) is 2. The molecule has 0 amide bonds. The molecule has 1 aliphatic heterocycles. The predicted octanol–water partition coefficient (Wildman–Crippen LogP) is 11.0. The molecule has 3 heterocycles. The molecule has 1 aliphatic rings. The number of benzene rings is 1. The molecule has 0 N–H and O–H groups in total. The highest BCUT2D eigenvalue weighted by molar-refractivity contribution is 7.99. The van der Waals surface area contributed by atoms with E-state index in [-0.39, 0.29) is 11.2 Å². The second-order valence-corrected chi connectivity index (χ2v) is 15.0. The van der Waals surface area contributed by atoms with Gasteiger partial charge in [0.05, 0.1) is 23.3 Å². The highest BCUT2D eigenvalue weighted by Crippen LogP contribution is 2.38. The molecule has 0 aliphatic carbocycles. The van der Waals surface area contributed by atoms with Gasteiger partial charge in [-0.15, -0.1) is 11.3 Å². The summed E-state index contributed by atoms with van der Waals surface area (Å²) < 4.78 is 7.94. The van der Waals surface area contributed by atoms with Gasteiger partial charge in [0.15, 0.2) is 5.16 Å². The molecule has 232 valence electrons. The Morgan fingerprint density at radius 1 is 0.881 bits per heavy atom. The number of thioether (sulfide) groups is 1. The summed E-state index contributed by atoms with van der Waals surface area (Å²) in [6, 6.07) is 8.18. The van der Waals surface area contributed by atoms with E-state index in [9.17, 15) is 4.79 Å². The normalized spacial score (nSPS) is 14.5. The van der Waals surface area contributed by atoms with Crippen molar-refractivity contribution in [2.75, 3.05) is 5.75 Å². The van der Waals surface area contributed by atoms with Crippen LogP contribution < -0.4 is 5.56 Å². The van der Waals surface area contributed by atoms with Crippen LogP contribution in [0, 0.1) is 6.92 Å². The molecule has 4 rings (SSSR count). The van der Waals surface area contributed by atoms with E-state index in [4.69, 9.17) is 9.72 Å². The third-order valence-corrected chi connectivity index (χ3v) is 10.8. The average Bonchev–Trinajstić information content (AvgIpc) is 3.32. The van der Waals surface area contributed by atoms with Crippen LogP contribution in [0.1, 0.15) is 140 Å². The summed E-state index contributed by atoms with van der Waals surface area (Å²) in [6.07, 6.45) is 22.8. The van der Waals surface area contributed by atoms with Crippen LogP contribution in [0.2, 0.25) is 0 Å². The number of hydrogen-bond donors (Lipinski definition) is 0. The Morgan fingerprint density at radius 2 is 1.45 bits per heavy atom. The highest BCUT2D eigenvalue weighted by atomic mass is 32.2. The van der Waals surface area contributed by atoms with Crippen LogP contribution in [-0.2, 0) is 17.8 Å². The number of aromatic nitrogens is 2. The van der Waals surface area contributed by atoms with E-state index in [2.05, 4.69) is 39.8 Å². The zero-order chi connectivity index (χ0) is 29.8. The Labute approximate surface area is 263 Å². The second kappa shape index (κ2) is 17.0. The van der Waals surface area contributed by atoms with Crippen molar-refractivity contribution in [1.82, 2.24) is 9.55 Å². The fourth-order valence-electron chi connectivity index (χ4n) is 6.11. The molecule has 3 aromatic rings. The molecule has 4 nitrogen and oxygen atoms in total. The van der Waals surface area contributed by atoms with Crippen LogP contribution in [0.3, 0.4) is 0 Å².